The fourth-order valence-corrected chi connectivity index (χ4v) is 1.91. The van der Waals surface area contributed by atoms with E-state index in [0.717, 1.165) is 0 Å². The number of benzene rings is 1. The Hall–Kier alpha value is -2.44. The molecule has 0 fully saturated rings. The molecule has 0 aromatic heterocycles. The van der Waals surface area contributed by atoms with E-state index in [0.29, 0.717) is 12.0 Å². The second-order valence-electron chi connectivity index (χ2n) is 5.84. The second kappa shape index (κ2) is 8.26. The van der Waals surface area contributed by atoms with Gasteiger partial charge >= 0.3 is 5.97 Å². The van der Waals surface area contributed by atoms with Crippen LogP contribution in [-0.4, -0.2) is 35.0 Å². The van der Waals surface area contributed by atoms with Gasteiger partial charge in [0.05, 0.1) is 0 Å². The number of nitrogens with one attached hydrogen (secondary N) is 2. The van der Waals surface area contributed by atoms with Crippen molar-refractivity contribution in [3.63, 3.8) is 0 Å². The van der Waals surface area contributed by atoms with Gasteiger partial charge in [-0.05, 0) is 44.5 Å². The lowest BCUT2D eigenvalue weighted by Crippen LogP contribution is -2.44. The molecular formula is C16H21FN2O4. The van der Waals surface area contributed by atoms with Crippen molar-refractivity contribution in [2.45, 2.75) is 38.6 Å². The summed E-state index contributed by atoms with van der Waals surface area (Å²) in [7, 11) is 0. The van der Waals surface area contributed by atoms with E-state index < -0.39 is 17.3 Å². The number of rotatable bonds is 8. The number of carboxylic acid groups (broad SMARTS) is 1. The van der Waals surface area contributed by atoms with Crippen molar-refractivity contribution in [3.05, 3.63) is 35.6 Å². The van der Waals surface area contributed by atoms with E-state index in [1.807, 2.05) is 0 Å². The number of aliphatic carboxylic acids is 1. The molecule has 0 radical (unpaired) electrons. The molecule has 0 heterocycles. The van der Waals surface area contributed by atoms with Crippen LogP contribution >= 0.6 is 0 Å². The van der Waals surface area contributed by atoms with Crippen molar-refractivity contribution in [3.8, 4) is 0 Å². The minimum atomic E-state index is -0.918. The predicted molar refractivity (Wildman–Crippen MR) is 82.4 cm³/mol. The molecule has 0 saturated heterocycles. The third kappa shape index (κ3) is 7.39. The van der Waals surface area contributed by atoms with Gasteiger partial charge in [-0.25, -0.2) is 4.39 Å². The van der Waals surface area contributed by atoms with Crippen molar-refractivity contribution in [1.82, 2.24) is 10.6 Å². The molecule has 0 saturated carbocycles. The van der Waals surface area contributed by atoms with Crippen molar-refractivity contribution < 1.29 is 23.9 Å². The van der Waals surface area contributed by atoms with E-state index >= 15 is 0 Å². The molecule has 126 valence electrons. The number of carbonyl (C=O) groups is 3. The van der Waals surface area contributed by atoms with Gasteiger partial charge in [-0.1, -0.05) is 0 Å². The molecule has 2 amide bonds. The van der Waals surface area contributed by atoms with E-state index in [1.165, 1.54) is 24.3 Å². The van der Waals surface area contributed by atoms with Gasteiger partial charge in [0, 0.05) is 30.5 Å². The lowest BCUT2D eigenvalue weighted by Gasteiger charge is -2.25. The Morgan fingerprint density at radius 2 is 1.74 bits per heavy atom. The van der Waals surface area contributed by atoms with Crippen LogP contribution in [0.5, 0.6) is 0 Å². The van der Waals surface area contributed by atoms with Gasteiger partial charge in [0.25, 0.3) is 5.91 Å². The smallest absolute Gasteiger partial charge is 0.303 e. The maximum atomic E-state index is 12.8. The number of hydrogen-bond acceptors (Lipinski definition) is 3. The summed E-state index contributed by atoms with van der Waals surface area (Å²) in [5.74, 6) is -2.01. The molecule has 3 N–H and O–H groups in total. The first-order chi connectivity index (χ1) is 10.7. The van der Waals surface area contributed by atoms with Crippen LogP contribution < -0.4 is 10.6 Å². The molecule has 7 heteroatoms. The highest BCUT2D eigenvalue weighted by Crippen LogP contribution is 2.11. The monoisotopic (exact) mass is 324 g/mol. The normalized spacial score (nSPS) is 10.9. The predicted octanol–water partition coefficient (Wildman–Crippen LogP) is 1.71. The van der Waals surface area contributed by atoms with Crippen LogP contribution in [-0.2, 0) is 9.59 Å². The highest BCUT2D eigenvalue weighted by atomic mass is 19.1. The summed E-state index contributed by atoms with van der Waals surface area (Å²) < 4.78 is 12.8. The van der Waals surface area contributed by atoms with Crippen molar-refractivity contribution in [2.24, 2.45) is 0 Å². The zero-order valence-electron chi connectivity index (χ0n) is 13.2. The van der Waals surface area contributed by atoms with Crippen molar-refractivity contribution in [1.29, 1.82) is 0 Å². The topological polar surface area (TPSA) is 95.5 Å². The van der Waals surface area contributed by atoms with Gasteiger partial charge in [0.15, 0.2) is 0 Å². The Labute approximate surface area is 134 Å². The first-order valence-corrected chi connectivity index (χ1v) is 7.26. The lowest BCUT2D eigenvalue weighted by molar-refractivity contribution is -0.137. The average molecular weight is 324 g/mol. The first-order valence-electron chi connectivity index (χ1n) is 7.26. The van der Waals surface area contributed by atoms with Crippen LogP contribution in [0.1, 0.15) is 43.5 Å². The molecule has 0 atom stereocenters. The summed E-state index contributed by atoms with van der Waals surface area (Å²) in [5, 5.41) is 14.0. The van der Waals surface area contributed by atoms with Gasteiger partial charge in [-0.2, -0.15) is 0 Å². The SMILES string of the molecule is CC(C)(CCC(=O)O)NC(=O)CCNC(=O)c1ccc(F)cc1. The molecular weight excluding hydrogens is 303 g/mol. The van der Waals surface area contributed by atoms with E-state index in [-0.39, 0.29) is 31.2 Å². The van der Waals surface area contributed by atoms with Gasteiger partial charge in [0.1, 0.15) is 5.82 Å². The fraction of sp³-hybridized carbons (Fsp3) is 0.438. The summed E-state index contributed by atoms with van der Waals surface area (Å²) in [4.78, 5) is 34.1. The molecule has 0 aliphatic rings. The Balaban J connectivity index is 2.34. The number of carboxylic acids is 1. The third-order valence-electron chi connectivity index (χ3n) is 3.19. The Bertz CT molecular complexity index is 570. The number of amides is 2. The van der Waals surface area contributed by atoms with E-state index in [4.69, 9.17) is 5.11 Å². The molecule has 0 spiro atoms. The van der Waals surface area contributed by atoms with Crippen LogP contribution in [0.3, 0.4) is 0 Å². The highest BCUT2D eigenvalue weighted by Gasteiger charge is 2.21. The van der Waals surface area contributed by atoms with Gasteiger partial charge in [0.2, 0.25) is 5.91 Å². The molecule has 0 aliphatic carbocycles. The zero-order chi connectivity index (χ0) is 17.5. The average Bonchev–Trinajstić information content (AvgIpc) is 2.45. The molecule has 1 aromatic rings. The summed E-state index contributed by atoms with van der Waals surface area (Å²) in [6, 6.07) is 5.10. The van der Waals surface area contributed by atoms with Gasteiger partial charge < -0.3 is 15.7 Å². The molecule has 23 heavy (non-hydrogen) atoms. The quantitative estimate of drug-likeness (QED) is 0.678. The van der Waals surface area contributed by atoms with Crippen LogP contribution in [0.15, 0.2) is 24.3 Å². The molecule has 1 aromatic carbocycles. The standard InChI is InChI=1S/C16H21FN2O4/c1-16(2,9-7-14(21)22)19-13(20)8-10-18-15(23)11-3-5-12(17)6-4-11/h3-6H,7-10H2,1-2H3,(H,18,23)(H,19,20)(H,21,22). The number of carbonyl (C=O) groups excluding carboxylic acids is 2. The van der Waals surface area contributed by atoms with Gasteiger partial charge in [-0.3, -0.25) is 14.4 Å². The minimum absolute atomic E-state index is 0.0332. The Kier molecular flexibility index (Phi) is 6.68. The molecule has 0 aliphatic heterocycles. The molecule has 1 rings (SSSR count). The van der Waals surface area contributed by atoms with E-state index in [1.54, 1.807) is 13.8 Å². The molecule has 0 bridgehead atoms. The lowest BCUT2D eigenvalue weighted by atomic mass is 9.98. The summed E-state index contributed by atoms with van der Waals surface area (Å²) in [6.45, 7) is 3.62. The first kappa shape index (κ1) is 18.6. The van der Waals surface area contributed by atoms with Crippen LogP contribution in [0, 0.1) is 5.82 Å². The van der Waals surface area contributed by atoms with E-state index in [2.05, 4.69) is 10.6 Å². The fourth-order valence-electron chi connectivity index (χ4n) is 1.91. The van der Waals surface area contributed by atoms with Crippen LogP contribution in [0.2, 0.25) is 0 Å². The second-order valence-corrected chi connectivity index (χ2v) is 5.84. The highest BCUT2D eigenvalue weighted by molar-refractivity contribution is 5.94. The largest absolute Gasteiger partial charge is 0.481 e. The van der Waals surface area contributed by atoms with Crippen LogP contribution in [0.4, 0.5) is 4.39 Å². The number of halogens is 1. The van der Waals surface area contributed by atoms with Crippen molar-refractivity contribution >= 4 is 17.8 Å². The maximum absolute atomic E-state index is 12.8. The zero-order valence-corrected chi connectivity index (χ0v) is 13.2. The van der Waals surface area contributed by atoms with Crippen LogP contribution in [0.25, 0.3) is 0 Å². The molecule has 6 nitrogen and oxygen atoms in total. The Morgan fingerprint density at radius 3 is 2.30 bits per heavy atom. The molecule has 0 unspecified atom stereocenters. The summed E-state index contributed by atoms with van der Waals surface area (Å²) >= 11 is 0. The minimum Gasteiger partial charge on any atom is -0.481 e. The summed E-state index contributed by atoms with van der Waals surface area (Å²) in [6.07, 6.45) is 0.355. The number of hydrogen-bond donors (Lipinski definition) is 3. The van der Waals surface area contributed by atoms with Crippen molar-refractivity contribution in [2.75, 3.05) is 6.54 Å². The van der Waals surface area contributed by atoms with Gasteiger partial charge in [-0.15, -0.1) is 0 Å². The summed E-state index contributed by atoms with van der Waals surface area (Å²) in [5.41, 5.74) is -0.315. The Morgan fingerprint density at radius 1 is 1.13 bits per heavy atom. The third-order valence-corrected chi connectivity index (χ3v) is 3.19. The van der Waals surface area contributed by atoms with E-state index in [9.17, 15) is 18.8 Å². The maximum Gasteiger partial charge on any atom is 0.303 e.